The molecule has 108 valence electrons. The first-order valence-corrected chi connectivity index (χ1v) is 6.94. The summed E-state index contributed by atoms with van der Waals surface area (Å²) in [5.41, 5.74) is 2.29. The fourth-order valence-corrected chi connectivity index (χ4v) is 2.17. The van der Waals surface area contributed by atoms with Gasteiger partial charge in [0.2, 0.25) is 0 Å². The summed E-state index contributed by atoms with van der Waals surface area (Å²) in [4.78, 5) is 0. The SMILES string of the molecule is C=C/C(=C\C=C(/C)OC#N)C(C)C1=CCC(CC#N)C=C1. The van der Waals surface area contributed by atoms with E-state index < -0.39 is 0 Å². The number of hydrogen-bond donors (Lipinski definition) is 0. The lowest BCUT2D eigenvalue weighted by Crippen LogP contribution is -2.06. The third kappa shape index (κ3) is 5.16. The minimum absolute atomic E-state index is 0.216. The van der Waals surface area contributed by atoms with Crippen LogP contribution in [0.25, 0.3) is 0 Å². The number of rotatable bonds is 6. The summed E-state index contributed by atoms with van der Waals surface area (Å²) in [5.74, 6) is 1.09. The van der Waals surface area contributed by atoms with Crippen LogP contribution in [0.15, 0.2) is 59.9 Å². The quantitative estimate of drug-likeness (QED) is 0.407. The molecule has 0 aromatic heterocycles. The van der Waals surface area contributed by atoms with Crippen molar-refractivity contribution in [3.8, 4) is 12.3 Å². The van der Waals surface area contributed by atoms with E-state index in [1.807, 2.05) is 12.2 Å². The van der Waals surface area contributed by atoms with Crippen LogP contribution in [0.2, 0.25) is 0 Å². The summed E-state index contributed by atoms with van der Waals surface area (Å²) in [6.07, 6.45) is 15.0. The highest BCUT2D eigenvalue weighted by atomic mass is 16.5. The van der Waals surface area contributed by atoms with Gasteiger partial charge >= 0.3 is 0 Å². The van der Waals surface area contributed by atoms with Crippen molar-refractivity contribution in [1.82, 2.24) is 0 Å². The molecule has 0 bridgehead atoms. The van der Waals surface area contributed by atoms with Gasteiger partial charge in [0.15, 0.2) is 0 Å². The molecule has 0 aliphatic heterocycles. The standard InChI is InChI=1S/C18H20N2O/c1-4-17(8-5-14(2)21-13-20)15(3)18-9-6-16(7-10-18)11-12-19/h4-6,8-10,15-16H,1,7,11H2,2-3H3/b14-5+,17-8+. The van der Waals surface area contributed by atoms with Crippen LogP contribution in [0.1, 0.15) is 26.7 Å². The van der Waals surface area contributed by atoms with E-state index in [1.165, 1.54) is 5.57 Å². The van der Waals surface area contributed by atoms with Crippen molar-refractivity contribution >= 4 is 0 Å². The molecular weight excluding hydrogens is 260 g/mol. The Bertz CT molecular complexity index is 579. The normalized spacial score (nSPS) is 20.0. The van der Waals surface area contributed by atoms with Gasteiger partial charge in [-0.2, -0.15) is 5.26 Å². The highest BCUT2D eigenvalue weighted by Crippen LogP contribution is 2.28. The number of nitrogens with zero attached hydrogens (tertiary/aromatic N) is 2. The number of nitriles is 2. The Morgan fingerprint density at radius 3 is 2.81 bits per heavy atom. The highest BCUT2D eigenvalue weighted by Gasteiger charge is 2.14. The topological polar surface area (TPSA) is 56.8 Å². The second kappa shape index (κ2) is 8.61. The first-order chi connectivity index (χ1) is 10.1. The first kappa shape index (κ1) is 16.5. The van der Waals surface area contributed by atoms with Crippen LogP contribution in [-0.2, 0) is 4.74 Å². The monoisotopic (exact) mass is 280 g/mol. The predicted octanol–water partition coefficient (Wildman–Crippen LogP) is 4.55. The maximum Gasteiger partial charge on any atom is 0.291 e. The van der Waals surface area contributed by atoms with Gasteiger partial charge in [-0.05, 0) is 36.5 Å². The molecule has 2 unspecified atom stereocenters. The third-order valence-electron chi connectivity index (χ3n) is 3.52. The maximum atomic E-state index is 8.72. The molecule has 0 aromatic carbocycles. The van der Waals surface area contributed by atoms with Crippen LogP contribution in [-0.4, -0.2) is 0 Å². The largest absolute Gasteiger partial charge is 0.393 e. The smallest absolute Gasteiger partial charge is 0.291 e. The summed E-state index contributed by atoms with van der Waals surface area (Å²) in [5, 5.41) is 17.2. The molecule has 21 heavy (non-hydrogen) atoms. The van der Waals surface area contributed by atoms with Crippen LogP contribution in [0, 0.1) is 34.7 Å². The lowest BCUT2D eigenvalue weighted by molar-refractivity contribution is 0.377. The van der Waals surface area contributed by atoms with Crippen molar-refractivity contribution in [1.29, 1.82) is 10.5 Å². The van der Waals surface area contributed by atoms with E-state index in [-0.39, 0.29) is 5.92 Å². The van der Waals surface area contributed by atoms with Gasteiger partial charge in [-0.25, -0.2) is 0 Å². The number of hydrogen-bond acceptors (Lipinski definition) is 3. The highest BCUT2D eigenvalue weighted by molar-refractivity contribution is 5.37. The molecule has 3 nitrogen and oxygen atoms in total. The molecule has 0 fully saturated rings. The van der Waals surface area contributed by atoms with E-state index in [2.05, 4.69) is 37.8 Å². The van der Waals surface area contributed by atoms with Crippen molar-refractivity contribution in [2.45, 2.75) is 26.7 Å². The van der Waals surface area contributed by atoms with Crippen molar-refractivity contribution in [2.24, 2.45) is 11.8 Å². The van der Waals surface area contributed by atoms with Gasteiger partial charge in [0.25, 0.3) is 6.26 Å². The van der Waals surface area contributed by atoms with Crippen molar-refractivity contribution < 1.29 is 4.74 Å². The van der Waals surface area contributed by atoms with Gasteiger partial charge in [-0.15, -0.1) is 5.26 Å². The van der Waals surface area contributed by atoms with Gasteiger partial charge in [0.1, 0.15) is 5.76 Å². The molecule has 1 rings (SSSR count). The fourth-order valence-electron chi connectivity index (χ4n) is 2.17. The summed E-state index contributed by atoms with van der Waals surface area (Å²) >= 11 is 0. The van der Waals surface area contributed by atoms with E-state index in [0.29, 0.717) is 18.1 Å². The van der Waals surface area contributed by atoms with E-state index >= 15 is 0 Å². The van der Waals surface area contributed by atoms with Crippen LogP contribution < -0.4 is 0 Å². The second-order valence-corrected chi connectivity index (χ2v) is 4.98. The molecule has 3 heteroatoms. The Morgan fingerprint density at radius 2 is 2.29 bits per heavy atom. The van der Waals surface area contributed by atoms with Gasteiger partial charge in [-0.3, -0.25) is 0 Å². The molecule has 1 aliphatic carbocycles. The van der Waals surface area contributed by atoms with Gasteiger partial charge in [0.05, 0.1) is 6.07 Å². The molecule has 0 heterocycles. The first-order valence-electron chi connectivity index (χ1n) is 6.94. The molecule has 2 atom stereocenters. The molecule has 0 amide bonds. The lowest BCUT2D eigenvalue weighted by Gasteiger charge is -2.19. The zero-order valence-electron chi connectivity index (χ0n) is 12.5. The van der Waals surface area contributed by atoms with E-state index in [4.69, 9.17) is 15.3 Å². The average Bonchev–Trinajstić information content (AvgIpc) is 2.49. The van der Waals surface area contributed by atoms with Crippen LogP contribution in [0.5, 0.6) is 0 Å². The van der Waals surface area contributed by atoms with E-state index in [9.17, 15) is 0 Å². The number of allylic oxidation sites excluding steroid dienone is 9. The zero-order valence-corrected chi connectivity index (χ0v) is 12.5. The fraction of sp³-hybridized carbons (Fsp3) is 0.333. The average molecular weight is 280 g/mol. The molecular formula is C18H20N2O. The predicted molar refractivity (Wildman–Crippen MR) is 83.5 cm³/mol. The van der Waals surface area contributed by atoms with Crippen LogP contribution in [0.3, 0.4) is 0 Å². The van der Waals surface area contributed by atoms with Gasteiger partial charge in [0, 0.05) is 12.3 Å². The molecule has 0 spiro atoms. The van der Waals surface area contributed by atoms with Crippen LogP contribution in [0.4, 0.5) is 0 Å². The van der Waals surface area contributed by atoms with Crippen molar-refractivity contribution in [3.05, 3.63) is 59.9 Å². The van der Waals surface area contributed by atoms with Crippen molar-refractivity contribution in [2.75, 3.05) is 0 Å². The third-order valence-corrected chi connectivity index (χ3v) is 3.52. The van der Waals surface area contributed by atoms with Crippen LogP contribution >= 0.6 is 0 Å². The summed E-state index contributed by atoms with van der Waals surface area (Å²) in [6, 6.07) is 2.20. The lowest BCUT2D eigenvalue weighted by atomic mass is 9.85. The molecule has 0 N–H and O–H groups in total. The maximum absolute atomic E-state index is 8.72. The second-order valence-electron chi connectivity index (χ2n) is 4.98. The Kier molecular flexibility index (Phi) is 6.78. The van der Waals surface area contributed by atoms with E-state index in [0.717, 1.165) is 12.0 Å². The minimum atomic E-state index is 0.216. The Hall–Kier alpha value is -2.52. The van der Waals surface area contributed by atoms with Crippen molar-refractivity contribution in [3.63, 3.8) is 0 Å². The molecule has 0 saturated heterocycles. The summed E-state index contributed by atoms with van der Waals surface area (Å²) < 4.78 is 4.73. The molecule has 0 radical (unpaired) electrons. The van der Waals surface area contributed by atoms with Gasteiger partial charge in [-0.1, -0.05) is 43.9 Å². The molecule has 1 aliphatic rings. The number of ether oxygens (including phenoxy) is 1. The van der Waals surface area contributed by atoms with Gasteiger partial charge < -0.3 is 4.74 Å². The Morgan fingerprint density at radius 1 is 1.52 bits per heavy atom. The zero-order chi connectivity index (χ0) is 15.7. The molecule has 0 saturated carbocycles. The Labute approximate surface area is 126 Å². The molecule has 0 aromatic rings. The summed E-state index contributed by atoms with van der Waals surface area (Å²) in [7, 11) is 0. The minimum Gasteiger partial charge on any atom is -0.393 e. The summed E-state index contributed by atoms with van der Waals surface area (Å²) in [6.45, 7) is 7.69. The van der Waals surface area contributed by atoms with E-state index in [1.54, 1.807) is 19.3 Å². The Balaban J connectivity index is 2.80.